The summed E-state index contributed by atoms with van der Waals surface area (Å²) < 4.78 is 4.81. The second-order valence-electron chi connectivity index (χ2n) is 5.10. The van der Waals surface area contributed by atoms with Crippen molar-refractivity contribution in [2.75, 3.05) is 6.61 Å². The van der Waals surface area contributed by atoms with Gasteiger partial charge in [-0.05, 0) is 18.9 Å². The maximum Gasteiger partial charge on any atom is 0.326 e. The molecule has 3 atom stereocenters. The number of aliphatic hydroxyl groups is 1. The molecule has 0 unspecified atom stereocenters. The van der Waals surface area contributed by atoms with Crippen molar-refractivity contribution >= 4 is 17.8 Å². The number of hydrogen-bond donors (Lipinski definition) is 3. The molecule has 0 aliphatic rings. The summed E-state index contributed by atoms with van der Waals surface area (Å²) in [6.45, 7) is 3.37. The summed E-state index contributed by atoms with van der Waals surface area (Å²) >= 11 is 0. The Morgan fingerprint density at radius 1 is 1.22 bits per heavy atom. The van der Waals surface area contributed by atoms with E-state index in [2.05, 4.69) is 5.32 Å². The van der Waals surface area contributed by atoms with Crippen molar-refractivity contribution in [1.29, 1.82) is 0 Å². The van der Waals surface area contributed by atoms with Crippen molar-refractivity contribution in [2.45, 2.75) is 32.4 Å². The second-order valence-corrected chi connectivity index (χ2v) is 5.10. The van der Waals surface area contributed by atoms with Gasteiger partial charge in [0, 0.05) is 0 Å². The van der Waals surface area contributed by atoms with Gasteiger partial charge in [-0.2, -0.15) is 0 Å². The molecule has 0 saturated carbocycles. The van der Waals surface area contributed by atoms with Gasteiger partial charge >= 0.3 is 11.9 Å². The average molecular weight is 323 g/mol. The average Bonchev–Trinajstić information content (AvgIpc) is 2.54. The van der Waals surface area contributed by atoms with Crippen LogP contribution in [0.2, 0.25) is 0 Å². The van der Waals surface area contributed by atoms with Crippen molar-refractivity contribution in [2.24, 2.45) is 5.92 Å². The molecule has 1 amide bonds. The smallest absolute Gasteiger partial charge is 0.326 e. The van der Waals surface area contributed by atoms with E-state index >= 15 is 0 Å². The first-order valence-corrected chi connectivity index (χ1v) is 7.29. The number of rotatable bonds is 8. The molecule has 1 aromatic rings. The molecule has 1 rings (SSSR count). The predicted octanol–water partition coefficient (Wildman–Crippen LogP) is 0.879. The molecule has 0 bridgehead atoms. The van der Waals surface area contributed by atoms with Crippen LogP contribution in [-0.2, 0) is 19.1 Å². The third kappa shape index (κ3) is 5.71. The number of nitrogens with one attached hydrogen (secondary N) is 1. The molecule has 3 N–H and O–H groups in total. The molecule has 0 saturated heterocycles. The number of benzene rings is 1. The zero-order valence-electron chi connectivity index (χ0n) is 13.1. The van der Waals surface area contributed by atoms with Gasteiger partial charge in [-0.15, -0.1) is 0 Å². The van der Waals surface area contributed by atoms with E-state index in [1.807, 2.05) is 0 Å². The number of esters is 1. The van der Waals surface area contributed by atoms with Gasteiger partial charge in [-0.3, -0.25) is 9.59 Å². The quantitative estimate of drug-likeness (QED) is 0.612. The van der Waals surface area contributed by atoms with E-state index in [0.29, 0.717) is 5.56 Å². The van der Waals surface area contributed by atoms with Crippen molar-refractivity contribution in [3.8, 4) is 0 Å². The minimum atomic E-state index is -1.48. The number of ether oxygens (including phenoxy) is 1. The molecular formula is C16H21NO6. The van der Waals surface area contributed by atoms with Crippen LogP contribution in [0.25, 0.3) is 0 Å². The lowest BCUT2D eigenvalue weighted by Gasteiger charge is -2.20. The number of aliphatic carboxylic acids is 1. The Labute approximate surface area is 134 Å². The first-order chi connectivity index (χ1) is 10.9. The van der Waals surface area contributed by atoms with Crippen molar-refractivity contribution < 1.29 is 29.3 Å². The normalized spacial score (nSPS) is 14.4. The van der Waals surface area contributed by atoms with Crippen molar-refractivity contribution in [1.82, 2.24) is 5.32 Å². The third-order valence-electron chi connectivity index (χ3n) is 3.26. The second kappa shape index (κ2) is 8.89. The van der Waals surface area contributed by atoms with Gasteiger partial charge in [0.25, 0.3) is 5.91 Å². The summed E-state index contributed by atoms with van der Waals surface area (Å²) in [5.74, 6) is -3.34. The van der Waals surface area contributed by atoms with E-state index in [4.69, 9.17) is 4.74 Å². The highest BCUT2D eigenvalue weighted by Crippen LogP contribution is 2.14. The van der Waals surface area contributed by atoms with Crippen LogP contribution in [0.15, 0.2) is 30.3 Å². The van der Waals surface area contributed by atoms with Crippen molar-refractivity contribution in [3.05, 3.63) is 35.9 Å². The number of hydrogen-bond acceptors (Lipinski definition) is 5. The largest absolute Gasteiger partial charge is 0.480 e. The molecule has 7 nitrogen and oxygen atoms in total. The van der Waals surface area contributed by atoms with Gasteiger partial charge in [0.1, 0.15) is 6.04 Å². The van der Waals surface area contributed by atoms with E-state index in [-0.39, 0.29) is 13.0 Å². The molecule has 0 fully saturated rings. The molecule has 23 heavy (non-hydrogen) atoms. The molecule has 0 heterocycles. The van der Waals surface area contributed by atoms with Crippen LogP contribution in [0, 0.1) is 5.92 Å². The summed E-state index contributed by atoms with van der Waals surface area (Å²) in [5, 5.41) is 21.4. The first kappa shape index (κ1) is 18.6. The zero-order valence-corrected chi connectivity index (χ0v) is 13.1. The van der Waals surface area contributed by atoms with E-state index < -0.39 is 35.9 Å². The lowest BCUT2D eigenvalue weighted by molar-refractivity contribution is -0.149. The Morgan fingerprint density at radius 2 is 1.83 bits per heavy atom. The number of carbonyl (C=O) groups excluding carboxylic acids is 2. The summed E-state index contributed by atoms with van der Waals surface area (Å²) in [4.78, 5) is 34.8. The molecule has 0 aliphatic heterocycles. The summed E-state index contributed by atoms with van der Waals surface area (Å²) in [5.41, 5.74) is 0.354. The lowest BCUT2D eigenvalue weighted by atomic mass is 10.0. The summed E-state index contributed by atoms with van der Waals surface area (Å²) in [6, 6.07) is 6.87. The highest BCUT2D eigenvalue weighted by atomic mass is 16.5. The predicted molar refractivity (Wildman–Crippen MR) is 81.4 cm³/mol. The van der Waals surface area contributed by atoms with Crippen LogP contribution in [-0.4, -0.2) is 40.7 Å². The fourth-order valence-corrected chi connectivity index (χ4v) is 1.99. The highest BCUT2D eigenvalue weighted by molar-refractivity contribution is 5.87. The zero-order chi connectivity index (χ0) is 17.4. The maximum absolute atomic E-state index is 12.0. The number of amides is 1. The molecule has 1 aromatic carbocycles. The van der Waals surface area contributed by atoms with Crippen LogP contribution >= 0.6 is 0 Å². The van der Waals surface area contributed by atoms with Gasteiger partial charge < -0.3 is 20.3 Å². The topological polar surface area (TPSA) is 113 Å². The number of carboxylic acid groups (broad SMARTS) is 1. The molecule has 0 radical (unpaired) electrons. The van der Waals surface area contributed by atoms with Gasteiger partial charge in [-0.1, -0.05) is 37.3 Å². The Balaban J connectivity index is 2.70. The van der Waals surface area contributed by atoms with Gasteiger partial charge in [-0.25, -0.2) is 4.79 Å². The fourth-order valence-electron chi connectivity index (χ4n) is 1.99. The molecular weight excluding hydrogens is 302 g/mol. The Bertz CT molecular complexity index is 545. The Kier molecular flexibility index (Phi) is 7.21. The lowest BCUT2D eigenvalue weighted by Crippen LogP contribution is -2.44. The Hall–Kier alpha value is -2.41. The minimum absolute atomic E-state index is 0.124. The molecule has 7 heteroatoms. The third-order valence-corrected chi connectivity index (χ3v) is 3.26. The van der Waals surface area contributed by atoms with Crippen LogP contribution in [0.3, 0.4) is 0 Å². The van der Waals surface area contributed by atoms with E-state index in [9.17, 15) is 24.6 Å². The number of carbonyl (C=O) groups is 3. The summed E-state index contributed by atoms with van der Waals surface area (Å²) in [6.07, 6.45) is -1.60. The van der Waals surface area contributed by atoms with Gasteiger partial charge in [0.2, 0.25) is 0 Å². The van der Waals surface area contributed by atoms with Crippen molar-refractivity contribution in [3.63, 3.8) is 0 Å². The van der Waals surface area contributed by atoms with E-state index in [0.717, 1.165) is 0 Å². The standard InChI is InChI=1S/C16H21NO6/c1-3-23-16(22)10(2)9-12(15(20)21)17-14(19)13(18)11-7-5-4-6-8-11/h4-8,10,12-13,18H,3,9H2,1-2H3,(H,17,19)(H,20,21)/t10-,12-,13+/m1/s1. The van der Waals surface area contributed by atoms with E-state index in [1.165, 1.54) is 6.92 Å². The highest BCUT2D eigenvalue weighted by Gasteiger charge is 2.28. The Morgan fingerprint density at radius 3 is 2.35 bits per heavy atom. The van der Waals surface area contributed by atoms with E-state index in [1.54, 1.807) is 37.3 Å². The first-order valence-electron chi connectivity index (χ1n) is 7.29. The van der Waals surface area contributed by atoms with Crippen LogP contribution in [0.5, 0.6) is 0 Å². The minimum Gasteiger partial charge on any atom is -0.480 e. The van der Waals surface area contributed by atoms with Gasteiger partial charge in [0.05, 0.1) is 12.5 Å². The number of carboxylic acids is 1. The molecule has 126 valence electrons. The van der Waals surface area contributed by atoms with Crippen LogP contribution < -0.4 is 5.32 Å². The fraction of sp³-hybridized carbons (Fsp3) is 0.438. The molecule has 0 aliphatic carbocycles. The van der Waals surface area contributed by atoms with Gasteiger partial charge in [0.15, 0.2) is 6.10 Å². The SMILES string of the molecule is CCOC(=O)[C@H](C)C[C@@H](NC(=O)[C@@H](O)c1ccccc1)C(=O)O. The summed E-state index contributed by atoms with van der Waals surface area (Å²) in [7, 11) is 0. The monoisotopic (exact) mass is 323 g/mol. The van der Waals surface area contributed by atoms with Crippen LogP contribution in [0.4, 0.5) is 0 Å². The number of aliphatic hydroxyl groups excluding tert-OH is 1. The van der Waals surface area contributed by atoms with Crippen LogP contribution in [0.1, 0.15) is 31.9 Å². The molecule has 0 aromatic heterocycles. The molecule has 0 spiro atoms. The maximum atomic E-state index is 12.0.